The highest BCUT2D eigenvalue weighted by Gasteiger charge is 1.98. The average Bonchev–Trinajstić information content (AvgIpc) is 2.03. The maximum absolute atomic E-state index is 10.9. The van der Waals surface area contributed by atoms with Crippen LogP contribution >= 0.6 is 0 Å². The second-order valence-corrected chi connectivity index (χ2v) is 1.91. The predicted octanol–water partition coefficient (Wildman–Crippen LogP) is -1.50. The van der Waals surface area contributed by atoms with Crippen LogP contribution in [0.4, 0.5) is 5.82 Å². The molecular weight excluding hydrogens is 160 g/mol. The Labute approximate surface area is 67.0 Å². The van der Waals surface area contributed by atoms with Crippen molar-refractivity contribution in [1.82, 2.24) is 15.2 Å². The third-order valence-corrected chi connectivity index (χ3v) is 1.07. The zero-order valence-electron chi connectivity index (χ0n) is 6.05. The number of rotatable bonds is 2. The van der Waals surface area contributed by atoms with E-state index in [9.17, 15) is 9.59 Å². The van der Waals surface area contributed by atoms with Crippen LogP contribution in [0.25, 0.3) is 0 Å². The molecule has 0 saturated carbocycles. The maximum Gasteiger partial charge on any atom is 0.342 e. The molecule has 3 N–H and O–H groups in total. The zero-order chi connectivity index (χ0) is 8.97. The van der Waals surface area contributed by atoms with Crippen molar-refractivity contribution in [2.45, 2.75) is 0 Å². The molecule has 0 spiro atoms. The lowest BCUT2D eigenvalue weighted by molar-refractivity contribution is 0.891. The summed E-state index contributed by atoms with van der Waals surface area (Å²) in [5.41, 5.74) is -1.24. The SMILES string of the molecule is C#CCNc1n[nH]c(=O)[nH]c1=O. The van der Waals surface area contributed by atoms with Crippen molar-refractivity contribution in [3.63, 3.8) is 0 Å². The van der Waals surface area contributed by atoms with E-state index in [4.69, 9.17) is 6.42 Å². The molecule has 0 saturated heterocycles. The fourth-order valence-electron chi connectivity index (χ4n) is 0.602. The van der Waals surface area contributed by atoms with Crippen LogP contribution in [0.5, 0.6) is 0 Å². The Hall–Kier alpha value is -2.03. The van der Waals surface area contributed by atoms with E-state index in [0.29, 0.717) is 0 Å². The Bertz CT molecular complexity index is 411. The van der Waals surface area contributed by atoms with Crippen molar-refractivity contribution >= 4 is 5.82 Å². The summed E-state index contributed by atoms with van der Waals surface area (Å²) < 4.78 is 0. The molecule has 1 heterocycles. The number of H-pyrrole nitrogens is 2. The molecule has 0 radical (unpaired) electrons. The van der Waals surface area contributed by atoms with Crippen molar-refractivity contribution in [3.8, 4) is 12.3 Å². The summed E-state index contributed by atoms with van der Waals surface area (Å²) in [6.07, 6.45) is 4.93. The minimum absolute atomic E-state index is 0.00699. The molecule has 0 aromatic carbocycles. The van der Waals surface area contributed by atoms with Gasteiger partial charge >= 0.3 is 5.69 Å². The van der Waals surface area contributed by atoms with Crippen LogP contribution in [0.15, 0.2) is 9.59 Å². The Balaban J connectivity index is 2.96. The van der Waals surface area contributed by atoms with E-state index in [1.807, 2.05) is 4.98 Å². The molecule has 1 aromatic heterocycles. The number of hydrogen-bond donors (Lipinski definition) is 3. The standard InChI is InChI=1S/C6H6N4O2/c1-2-3-7-4-5(11)8-6(12)10-9-4/h1H,3H2,(H,7,9)(H2,8,10,11,12). The summed E-state index contributed by atoms with van der Waals surface area (Å²) in [4.78, 5) is 23.3. The van der Waals surface area contributed by atoms with Gasteiger partial charge in [-0.2, -0.15) is 0 Å². The first-order valence-electron chi connectivity index (χ1n) is 3.10. The first-order chi connectivity index (χ1) is 5.74. The van der Waals surface area contributed by atoms with Gasteiger partial charge in [0.15, 0.2) is 0 Å². The summed E-state index contributed by atoms with van der Waals surface area (Å²) in [5.74, 6) is 2.27. The van der Waals surface area contributed by atoms with Crippen molar-refractivity contribution in [1.29, 1.82) is 0 Å². The molecule has 0 fully saturated rings. The van der Waals surface area contributed by atoms with E-state index in [1.54, 1.807) is 0 Å². The summed E-state index contributed by atoms with van der Waals surface area (Å²) >= 11 is 0. The van der Waals surface area contributed by atoms with E-state index in [0.717, 1.165) is 0 Å². The molecule has 1 aromatic rings. The Morgan fingerprint density at radius 2 is 2.33 bits per heavy atom. The molecule has 6 heteroatoms. The molecule has 0 bridgehead atoms. The second kappa shape index (κ2) is 3.39. The summed E-state index contributed by atoms with van der Waals surface area (Å²) in [6.45, 7) is 0.183. The molecule has 0 unspecified atom stereocenters. The molecule has 1 rings (SSSR count). The Morgan fingerprint density at radius 3 is 2.92 bits per heavy atom. The zero-order valence-corrected chi connectivity index (χ0v) is 6.05. The van der Waals surface area contributed by atoms with Gasteiger partial charge < -0.3 is 5.32 Å². The van der Waals surface area contributed by atoms with E-state index >= 15 is 0 Å². The molecule has 12 heavy (non-hydrogen) atoms. The van der Waals surface area contributed by atoms with E-state index < -0.39 is 11.2 Å². The number of anilines is 1. The number of nitrogens with zero attached hydrogens (tertiary/aromatic N) is 1. The number of aromatic nitrogens is 3. The van der Waals surface area contributed by atoms with Crippen LogP contribution in [0, 0.1) is 12.3 Å². The highest BCUT2D eigenvalue weighted by Crippen LogP contribution is 1.82. The van der Waals surface area contributed by atoms with E-state index in [1.165, 1.54) is 0 Å². The van der Waals surface area contributed by atoms with Gasteiger partial charge in [-0.05, 0) is 0 Å². The third-order valence-electron chi connectivity index (χ3n) is 1.07. The number of aromatic amines is 2. The lowest BCUT2D eigenvalue weighted by Gasteiger charge is -1.96. The topological polar surface area (TPSA) is 90.6 Å². The fraction of sp³-hybridized carbons (Fsp3) is 0.167. The monoisotopic (exact) mass is 166 g/mol. The highest BCUT2D eigenvalue weighted by molar-refractivity contribution is 5.30. The Morgan fingerprint density at radius 1 is 1.58 bits per heavy atom. The lowest BCUT2D eigenvalue weighted by Crippen LogP contribution is -2.26. The van der Waals surface area contributed by atoms with Crippen molar-refractivity contribution in [2.75, 3.05) is 11.9 Å². The van der Waals surface area contributed by atoms with E-state index in [-0.39, 0.29) is 12.4 Å². The largest absolute Gasteiger partial charge is 0.353 e. The van der Waals surface area contributed by atoms with Crippen molar-refractivity contribution in [3.05, 3.63) is 20.8 Å². The highest BCUT2D eigenvalue weighted by atomic mass is 16.2. The van der Waals surface area contributed by atoms with Crippen LogP contribution in [0.3, 0.4) is 0 Å². The van der Waals surface area contributed by atoms with Gasteiger partial charge in [-0.25, -0.2) is 9.89 Å². The fourth-order valence-corrected chi connectivity index (χ4v) is 0.602. The first-order valence-corrected chi connectivity index (χ1v) is 3.10. The summed E-state index contributed by atoms with van der Waals surface area (Å²) in [7, 11) is 0. The molecule has 0 amide bonds. The van der Waals surface area contributed by atoms with Crippen LogP contribution in [0.1, 0.15) is 0 Å². The minimum Gasteiger partial charge on any atom is -0.353 e. The van der Waals surface area contributed by atoms with Gasteiger partial charge in [-0.15, -0.1) is 11.5 Å². The first kappa shape index (κ1) is 8.07. The number of nitrogens with one attached hydrogen (secondary N) is 3. The number of hydrogen-bond acceptors (Lipinski definition) is 4. The molecule has 0 aliphatic heterocycles. The summed E-state index contributed by atoms with van der Waals surface area (Å²) in [5, 5.41) is 8.01. The minimum atomic E-state index is -0.647. The van der Waals surface area contributed by atoms with Gasteiger partial charge in [-0.3, -0.25) is 9.78 Å². The van der Waals surface area contributed by atoms with Crippen molar-refractivity contribution < 1.29 is 0 Å². The molecule has 62 valence electrons. The van der Waals surface area contributed by atoms with Gasteiger partial charge in [0.1, 0.15) is 0 Å². The molecule has 0 atom stereocenters. The smallest absolute Gasteiger partial charge is 0.342 e. The van der Waals surface area contributed by atoms with Gasteiger partial charge in [0.25, 0.3) is 5.56 Å². The third kappa shape index (κ3) is 1.73. The Kier molecular flexibility index (Phi) is 2.28. The van der Waals surface area contributed by atoms with Crippen LogP contribution in [-0.2, 0) is 0 Å². The maximum atomic E-state index is 10.9. The van der Waals surface area contributed by atoms with Crippen LogP contribution in [-0.4, -0.2) is 21.7 Å². The van der Waals surface area contributed by atoms with Crippen molar-refractivity contribution in [2.24, 2.45) is 0 Å². The predicted molar refractivity (Wildman–Crippen MR) is 42.8 cm³/mol. The van der Waals surface area contributed by atoms with Crippen LogP contribution in [0.2, 0.25) is 0 Å². The molecular formula is C6H6N4O2. The molecule has 0 aliphatic rings. The van der Waals surface area contributed by atoms with Gasteiger partial charge in [0, 0.05) is 0 Å². The second-order valence-electron chi connectivity index (χ2n) is 1.91. The number of terminal acetylenes is 1. The van der Waals surface area contributed by atoms with E-state index in [2.05, 4.69) is 21.4 Å². The van der Waals surface area contributed by atoms with Gasteiger partial charge in [0.05, 0.1) is 6.54 Å². The van der Waals surface area contributed by atoms with Crippen LogP contribution < -0.4 is 16.6 Å². The normalized spacial score (nSPS) is 8.92. The molecule has 0 aliphatic carbocycles. The summed E-state index contributed by atoms with van der Waals surface area (Å²) in [6, 6.07) is 0. The van der Waals surface area contributed by atoms with Gasteiger partial charge in [-0.1, -0.05) is 5.92 Å². The molecule has 6 nitrogen and oxygen atoms in total. The average molecular weight is 166 g/mol. The lowest BCUT2D eigenvalue weighted by atomic mass is 10.6. The van der Waals surface area contributed by atoms with Gasteiger partial charge in [0.2, 0.25) is 5.82 Å². The quantitative estimate of drug-likeness (QED) is 0.466.